The van der Waals surface area contributed by atoms with Crippen LogP contribution in [-0.4, -0.2) is 20.0 Å². The lowest BCUT2D eigenvalue weighted by Gasteiger charge is -2.25. The first-order valence-electron chi connectivity index (χ1n) is 7.44. The van der Waals surface area contributed by atoms with Crippen molar-refractivity contribution in [1.29, 1.82) is 0 Å². The molecule has 1 unspecified atom stereocenters. The summed E-state index contributed by atoms with van der Waals surface area (Å²) in [6.07, 6.45) is 1.61. The highest BCUT2D eigenvalue weighted by Gasteiger charge is 2.27. The Hall–Kier alpha value is -2.29. The molecule has 22 heavy (non-hydrogen) atoms. The molecular weight excluding hydrogens is 276 g/mol. The van der Waals surface area contributed by atoms with Gasteiger partial charge in [0.05, 0.1) is 19.1 Å². The van der Waals surface area contributed by atoms with Crippen LogP contribution in [0.15, 0.2) is 48.5 Å². The summed E-state index contributed by atoms with van der Waals surface area (Å²) < 4.78 is 10.8. The molecule has 2 aromatic carbocycles. The molecule has 0 amide bonds. The van der Waals surface area contributed by atoms with Crippen molar-refractivity contribution in [1.82, 2.24) is 0 Å². The third-order valence-electron chi connectivity index (χ3n) is 3.84. The van der Waals surface area contributed by atoms with Crippen molar-refractivity contribution in [3.05, 3.63) is 59.7 Å². The van der Waals surface area contributed by atoms with E-state index >= 15 is 0 Å². The van der Waals surface area contributed by atoms with Crippen molar-refractivity contribution in [2.75, 3.05) is 13.7 Å². The van der Waals surface area contributed by atoms with Crippen molar-refractivity contribution in [3.8, 4) is 11.5 Å². The predicted molar refractivity (Wildman–Crippen MR) is 87.7 cm³/mol. The maximum atomic E-state index is 11.8. The minimum absolute atomic E-state index is 0.596. The fourth-order valence-corrected chi connectivity index (χ4v) is 2.53. The maximum Gasteiger partial charge on any atom is 0.130 e. The van der Waals surface area contributed by atoms with Gasteiger partial charge in [0.1, 0.15) is 17.8 Å². The smallest absolute Gasteiger partial charge is 0.130 e. The summed E-state index contributed by atoms with van der Waals surface area (Å²) in [4.78, 5) is 11.8. The van der Waals surface area contributed by atoms with Gasteiger partial charge in [-0.2, -0.15) is 0 Å². The Kier molecular flexibility index (Phi) is 5.21. The van der Waals surface area contributed by atoms with E-state index in [0.29, 0.717) is 13.0 Å². The molecule has 2 rings (SSSR count). The Bertz CT molecular complexity index is 619. The van der Waals surface area contributed by atoms with Gasteiger partial charge in [0.25, 0.3) is 0 Å². The van der Waals surface area contributed by atoms with Gasteiger partial charge in [-0.1, -0.05) is 30.3 Å². The molecule has 0 aliphatic rings. The lowest BCUT2D eigenvalue weighted by atomic mass is 9.78. The van der Waals surface area contributed by atoms with Crippen molar-refractivity contribution >= 4 is 6.29 Å². The lowest BCUT2D eigenvalue weighted by Crippen LogP contribution is -2.27. The first-order valence-corrected chi connectivity index (χ1v) is 7.44. The standard InChI is InChI=1S/C19H22O3/c1-4-22-18-8-6-5-7-15(18)13-19(2,14-20)16-9-11-17(21-3)12-10-16/h5-12,14H,4,13H2,1-3H3. The van der Waals surface area contributed by atoms with Crippen LogP contribution in [0, 0.1) is 0 Å². The average molecular weight is 298 g/mol. The molecule has 3 nitrogen and oxygen atoms in total. The summed E-state index contributed by atoms with van der Waals surface area (Å²) in [5, 5.41) is 0. The van der Waals surface area contributed by atoms with Crippen LogP contribution in [0.2, 0.25) is 0 Å². The number of carbonyl (C=O) groups is 1. The second kappa shape index (κ2) is 7.12. The number of rotatable bonds is 7. The third kappa shape index (κ3) is 3.48. The molecule has 0 saturated carbocycles. The van der Waals surface area contributed by atoms with Crippen LogP contribution in [0.4, 0.5) is 0 Å². The first kappa shape index (κ1) is 16.1. The van der Waals surface area contributed by atoms with Crippen LogP contribution >= 0.6 is 0 Å². The molecule has 0 N–H and O–H groups in total. The van der Waals surface area contributed by atoms with Crippen LogP contribution in [0.25, 0.3) is 0 Å². The van der Waals surface area contributed by atoms with Gasteiger partial charge in [0.15, 0.2) is 0 Å². The van der Waals surface area contributed by atoms with Crippen molar-refractivity contribution in [2.45, 2.75) is 25.7 Å². The minimum atomic E-state index is -0.598. The molecule has 0 aromatic heterocycles. The Morgan fingerprint density at radius 2 is 1.77 bits per heavy atom. The molecule has 0 aliphatic heterocycles. The Labute approximate surface area is 131 Å². The quantitative estimate of drug-likeness (QED) is 0.729. The predicted octanol–water partition coefficient (Wildman–Crippen LogP) is 3.79. The number of carbonyl (C=O) groups excluding carboxylic acids is 1. The Balaban J connectivity index is 2.32. The van der Waals surface area contributed by atoms with Crippen LogP contribution in [0.3, 0.4) is 0 Å². The molecule has 3 heteroatoms. The van der Waals surface area contributed by atoms with Crippen LogP contribution in [0.1, 0.15) is 25.0 Å². The number of benzene rings is 2. The number of para-hydroxylation sites is 1. The highest BCUT2D eigenvalue weighted by atomic mass is 16.5. The number of ether oxygens (including phenoxy) is 2. The summed E-state index contributed by atoms with van der Waals surface area (Å²) in [7, 11) is 1.63. The molecule has 0 heterocycles. The lowest BCUT2D eigenvalue weighted by molar-refractivity contribution is -0.112. The van der Waals surface area contributed by atoms with E-state index in [1.54, 1.807) is 7.11 Å². The molecule has 0 fully saturated rings. The molecule has 116 valence electrons. The molecule has 0 radical (unpaired) electrons. The summed E-state index contributed by atoms with van der Waals surface area (Å²) in [5.41, 5.74) is 1.41. The largest absolute Gasteiger partial charge is 0.497 e. The first-order chi connectivity index (χ1) is 10.6. The molecule has 0 spiro atoms. The van der Waals surface area contributed by atoms with Gasteiger partial charge >= 0.3 is 0 Å². The average Bonchev–Trinajstić information content (AvgIpc) is 2.57. The van der Waals surface area contributed by atoms with Crippen LogP contribution < -0.4 is 9.47 Å². The van der Waals surface area contributed by atoms with Crippen molar-refractivity contribution in [2.24, 2.45) is 0 Å². The summed E-state index contributed by atoms with van der Waals surface area (Å²) in [6, 6.07) is 15.5. The number of hydrogen-bond acceptors (Lipinski definition) is 3. The van der Waals surface area contributed by atoms with E-state index in [2.05, 4.69) is 0 Å². The topological polar surface area (TPSA) is 35.5 Å². The highest BCUT2D eigenvalue weighted by molar-refractivity contribution is 5.69. The van der Waals surface area contributed by atoms with Crippen molar-refractivity contribution < 1.29 is 14.3 Å². The number of methoxy groups -OCH3 is 1. The zero-order chi connectivity index (χ0) is 16.0. The second-order valence-electron chi connectivity index (χ2n) is 5.48. The van der Waals surface area contributed by atoms with Crippen LogP contribution in [0.5, 0.6) is 11.5 Å². The van der Waals surface area contributed by atoms with Gasteiger partial charge in [-0.3, -0.25) is 0 Å². The molecule has 1 atom stereocenters. The third-order valence-corrected chi connectivity index (χ3v) is 3.84. The van der Waals surface area contributed by atoms with E-state index in [4.69, 9.17) is 9.47 Å². The van der Waals surface area contributed by atoms with Gasteiger partial charge < -0.3 is 14.3 Å². The Morgan fingerprint density at radius 1 is 1.09 bits per heavy atom. The van der Waals surface area contributed by atoms with Gasteiger partial charge in [-0.15, -0.1) is 0 Å². The monoisotopic (exact) mass is 298 g/mol. The fourth-order valence-electron chi connectivity index (χ4n) is 2.53. The van der Waals surface area contributed by atoms with E-state index in [0.717, 1.165) is 28.9 Å². The number of hydrogen-bond donors (Lipinski definition) is 0. The summed E-state index contributed by atoms with van der Waals surface area (Å²) >= 11 is 0. The van der Waals surface area contributed by atoms with Crippen LogP contribution in [-0.2, 0) is 16.6 Å². The van der Waals surface area contributed by atoms with E-state index in [1.807, 2.05) is 62.4 Å². The van der Waals surface area contributed by atoms with E-state index in [9.17, 15) is 4.79 Å². The van der Waals surface area contributed by atoms with Gasteiger partial charge in [-0.25, -0.2) is 0 Å². The molecule has 0 saturated heterocycles. The summed E-state index contributed by atoms with van der Waals surface area (Å²) in [6.45, 7) is 4.51. The molecule has 2 aromatic rings. The highest BCUT2D eigenvalue weighted by Crippen LogP contribution is 2.31. The van der Waals surface area contributed by atoms with Crippen molar-refractivity contribution in [3.63, 3.8) is 0 Å². The molecule has 0 bridgehead atoms. The zero-order valence-corrected chi connectivity index (χ0v) is 13.3. The normalized spacial score (nSPS) is 13.2. The molecule has 0 aliphatic carbocycles. The number of aldehydes is 1. The Morgan fingerprint density at radius 3 is 2.36 bits per heavy atom. The van der Waals surface area contributed by atoms with E-state index in [-0.39, 0.29) is 0 Å². The van der Waals surface area contributed by atoms with Gasteiger partial charge in [-0.05, 0) is 49.6 Å². The minimum Gasteiger partial charge on any atom is -0.497 e. The zero-order valence-electron chi connectivity index (χ0n) is 13.3. The van der Waals surface area contributed by atoms with E-state index < -0.39 is 5.41 Å². The fraction of sp³-hybridized carbons (Fsp3) is 0.316. The van der Waals surface area contributed by atoms with E-state index in [1.165, 1.54) is 0 Å². The molecular formula is C19H22O3. The summed E-state index contributed by atoms with van der Waals surface area (Å²) in [5.74, 6) is 1.62. The second-order valence-corrected chi connectivity index (χ2v) is 5.48. The maximum absolute atomic E-state index is 11.8. The SMILES string of the molecule is CCOc1ccccc1CC(C)(C=O)c1ccc(OC)cc1. The van der Waals surface area contributed by atoms with Gasteiger partial charge in [0, 0.05) is 0 Å². The van der Waals surface area contributed by atoms with Gasteiger partial charge in [0.2, 0.25) is 0 Å².